The number of fused-ring (bicyclic) bond motifs is 1. The summed E-state index contributed by atoms with van der Waals surface area (Å²) >= 11 is 0. The van der Waals surface area contributed by atoms with Crippen LogP contribution < -0.4 is 4.74 Å². The smallest absolute Gasteiger partial charge is 0.198 e. The van der Waals surface area contributed by atoms with Crippen LogP contribution in [-0.4, -0.2) is 16.7 Å². The van der Waals surface area contributed by atoms with Crippen LogP contribution in [0.5, 0.6) is 5.75 Å². The molecule has 0 aliphatic rings. The summed E-state index contributed by atoms with van der Waals surface area (Å²) in [5.74, 6) is 1.48. The minimum atomic E-state index is 0.00307. The van der Waals surface area contributed by atoms with Crippen LogP contribution in [0.4, 0.5) is 0 Å². The summed E-state index contributed by atoms with van der Waals surface area (Å²) in [6.45, 7) is 0.521. The standard InChI is InChI=1S/C16H15NO3/c18-11-12-6-7-14-15(10-12)20-16(17-14)8-9-19-13-4-2-1-3-5-13/h1-7,10,18H,8-9,11H2. The zero-order valence-electron chi connectivity index (χ0n) is 11.0. The van der Waals surface area contributed by atoms with Crippen LogP contribution >= 0.6 is 0 Å². The summed E-state index contributed by atoms with van der Waals surface area (Å²) in [4.78, 5) is 4.39. The third kappa shape index (κ3) is 2.81. The number of ether oxygens (including phenoxy) is 1. The van der Waals surface area contributed by atoms with Gasteiger partial charge in [0.25, 0.3) is 0 Å². The lowest BCUT2D eigenvalue weighted by atomic mass is 10.2. The van der Waals surface area contributed by atoms with E-state index in [0.717, 1.165) is 16.8 Å². The largest absolute Gasteiger partial charge is 0.493 e. The van der Waals surface area contributed by atoms with Gasteiger partial charge in [-0.15, -0.1) is 0 Å². The second-order valence-corrected chi connectivity index (χ2v) is 4.48. The molecule has 3 rings (SSSR count). The van der Waals surface area contributed by atoms with Crippen molar-refractivity contribution in [2.24, 2.45) is 0 Å². The van der Waals surface area contributed by atoms with Crippen LogP contribution in [0.3, 0.4) is 0 Å². The van der Waals surface area contributed by atoms with Crippen LogP contribution in [0.1, 0.15) is 11.5 Å². The molecule has 0 fully saturated rings. The Balaban J connectivity index is 1.66. The van der Waals surface area contributed by atoms with Crippen LogP contribution in [0.2, 0.25) is 0 Å². The fourth-order valence-corrected chi connectivity index (χ4v) is 1.99. The van der Waals surface area contributed by atoms with Gasteiger partial charge in [0.1, 0.15) is 11.3 Å². The first kappa shape index (κ1) is 12.7. The van der Waals surface area contributed by atoms with Crippen LogP contribution in [-0.2, 0) is 13.0 Å². The molecule has 0 spiro atoms. The van der Waals surface area contributed by atoms with Gasteiger partial charge >= 0.3 is 0 Å². The van der Waals surface area contributed by atoms with Crippen molar-refractivity contribution in [1.29, 1.82) is 0 Å². The molecule has 0 saturated heterocycles. The van der Waals surface area contributed by atoms with Crippen molar-refractivity contribution in [1.82, 2.24) is 4.98 Å². The molecule has 1 N–H and O–H groups in total. The van der Waals surface area contributed by atoms with Crippen molar-refractivity contribution in [3.05, 3.63) is 60.0 Å². The van der Waals surface area contributed by atoms with Gasteiger partial charge in [-0.1, -0.05) is 24.3 Å². The van der Waals surface area contributed by atoms with Crippen molar-refractivity contribution in [2.75, 3.05) is 6.61 Å². The van der Waals surface area contributed by atoms with Gasteiger partial charge in [-0.25, -0.2) is 4.98 Å². The molecule has 0 atom stereocenters. The first-order valence-corrected chi connectivity index (χ1v) is 6.52. The maximum Gasteiger partial charge on any atom is 0.198 e. The highest BCUT2D eigenvalue weighted by Crippen LogP contribution is 2.18. The summed E-state index contributed by atoms with van der Waals surface area (Å²) < 4.78 is 11.3. The van der Waals surface area contributed by atoms with Gasteiger partial charge in [0, 0.05) is 0 Å². The number of aromatic nitrogens is 1. The highest BCUT2D eigenvalue weighted by molar-refractivity contribution is 5.73. The maximum absolute atomic E-state index is 9.09. The molecule has 4 heteroatoms. The minimum absolute atomic E-state index is 0.00307. The second kappa shape index (κ2) is 5.75. The first-order valence-electron chi connectivity index (χ1n) is 6.52. The van der Waals surface area contributed by atoms with E-state index in [4.69, 9.17) is 14.3 Å². The van der Waals surface area contributed by atoms with Gasteiger partial charge in [0.05, 0.1) is 19.6 Å². The lowest BCUT2D eigenvalue weighted by molar-refractivity contribution is 0.281. The summed E-state index contributed by atoms with van der Waals surface area (Å²) in [7, 11) is 0. The van der Waals surface area contributed by atoms with E-state index in [2.05, 4.69) is 4.98 Å². The van der Waals surface area contributed by atoms with Gasteiger partial charge in [-0.2, -0.15) is 0 Å². The lowest BCUT2D eigenvalue weighted by Crippen LogP contribution is -2.01. The molecule has 3 aromatic rings. The molecular formula is C16H15NO3. The summed E-state index contributed by atoms with van der Waals surface area (Å²) in [5, 5.41) is 9.09. The normalized spacial score (nSPS) is 10.8. The topological polar surface area (TPSA) is 55.5 Å². The van der Waals surface area contributed by atoms with Crippen LogP contribution in [0.15, 0.2) is 52.9 Å². The molecule has 0 amide bonds. The number of oxazole rings is 1. The quantitative estimate of drug-likeness (QED) is 0.773. The highest BCUT2D eigenvalue weighted by Gasteiger charge is 2.06. The monoisotopic (exact) mass is 269 g/mol. The molecule has 2 aromatic carbocycles. The first-order chi connectivity index (χ1) is 9.85. The Morgan fingerprint density at radius 3 is 2.75 bits per heavy atom. The number of hydrogen-bond donors (Lipinski definition) is 1. The fourth-order valence-electron chi connectivity index (χ4n) is 1.99. The van der Waals surface area contributed by atoms with Crippen molar-refractivity contribution < 1.29 is 14.3 Å². The highest BCUT2D eigenvalue weighted by atomic mass is 16.5. The van der Waals surface area contributed by atoms with Crippen molar-refractivity contribution in [3.8, 4) is 5.75 Å². The molecular weight excluding hydrogens is 254 g/mol. The summed E-state index contributed by atoms with van der Waals surface area (Å²) in [5.41, 5.74) is 2.32. The molecule has 0 saturated carbocycles. The molecule has 102 valence electrons. The van der Waals surface area contributed by atoms with Gasteiger partial charge in [0.2, 0.25) is 0 Å². The van der Waals surface area contributed by atoms with Gasteiger partial charge in [0.15, 0.2) is 11.5 Å². The molecule has 0 aliphatic carbocycles. The predicted molar refractivity (Wildman–Crippen MR) is 75.6 cm³/mol. The Morgan fingerprint density at radius 2 is 1.95 bits per heavy atom. The van der Waals surface area contributed by atoms with Crippen molar-refractivity contribution in [3.63, 3.8) is 0 Å². The molecule has 4 nitrogen and oxygen atoms in total. The summed E-state index contributed by atoms with van der Waals surface area (Å²) in [6, 6.07) is 15.2. The van der Waals surface area contributed by atoms with Crippen LogP contribution in [0, 0.1) is 0 Å². The maximum atomic E-state index is 9.09. The van der Waals surface area contributed by atoms with E-state index in [9.17, 15) is 0 Å². The summed E-state index contributed by atoms with van der Waals surface area (Å²) in [6.07, 6.45) is 0.609. The number of aliphatic hydroxyl groups excluding tert-OH is 1. The number of hydrogen-bond acceptors (Lipinski definition) is 4. The zero-order chi connectivity index (χ0) is 13.8. The third-order valence-corrected chi connectivity index (χ3v) is 3.01. The number of benzene rings is 2. The molecule has 0 unspecified atom stereocenters. The van der Waals surface area contributed by atoms with Crippen molar-refractivity contribution >= 4 is 11.1 Å². The number of aliphatic hydroxyl groups is 1. The van der Waals surface area contributed by atoms with Crippen molar-refractivity contribution in [2.45, 2.75) is 13.0 Å². The zero-order valence-corrected chi connectivity index (χ0v) is 11.0. The molecule has 20 heavy (non-hydrogen) atoms. The Morgan fingerprint density at radius 1 is 1.10 bits per heavy atom. The van der Waals surface area contributed by atoms with Gasteiger partial charge in [-0.3, -0.25) is 0 Å². The van der Waals surface area contributed by atoms with Crippen LogP contribution in [0.25, 0.3) is 11.1 Å². The number of rotatable bonds is 5. The predicted octanol–water partition coefficient (Wildman–Crippen LogP) is 2.94. The Bertz CT molecular complexity index is 691. The number of nitrogens with zero attached hydrogens (tertiary/aromatic N) is 1. The third-order valence-electron chi connectivity index (χ3n) is 3.01. The van der Waals surface area contributed by atoms with E-state index >= 15 is 0 Å². The van der Waals surface area contributed by atoms with E-state index in [0.29, 0.717) is 24.5 Å². The molecule has 1 heterocycles. The number of para-hydroxylation sites is 1. The average molecular weight is 269 g/mol. The van der Waals surface area contributed by atoms with E-state index in [-0.39, 0.29) is 6.61 Å². The van der Waals surface area contributed by atoms with Gasteiger partial charge in [-0.05, 0) is 29.8 Å². The molecule has 0 aliphatic heterocycles. The van der Waals surface area contributed by atoms with E-state index < -0.39 is 0 Å². The van der Waals surface area contributed by atoms with Gasteiger partial charge < -0.3 is 14.3 Å². The fraction of sp³-hybridized carbons (Fsp3) is 0.188. The minimum Gasteiger partial charge on any atom is -0.493 e. The Kier molecular flexibility index (Phi) is 3.65. The van der Waals surface area contributed by atoms with E-state index in [1.807, 2.05) is 48.5 Å². The molecule has 0 radical (unpaired) electrons. The SMILES string of the molecule is OCc1ccc2nc(CCOc3ccccc3)oc2c1. The average Bonchev–Trinajstić information content (AvgIpc) is 2.90. The lowest BCUT2D eigenvalue weighted by Gasteiger charge is -2.03. The molecule has 0 bridgehead atoms. The Hall–Kier alpha value is -2.33. The van der Waals surface area contributed by atoms with E-state index in [1.165, 1.54) is 0 Å². The Labute approximate surface area is 116 Å². The molecule has 1 aromatic heterocycles. The second-order valence-electron chi connectivity index (χ2n) is 4.48. The van der Waals surface area contributed by atoms with E-state index in [1.54, 1.807) is 0 Å².